The smallest absolute Gasteiger partial charge is 0.149 e. The Labute approximate surface area is 153 Å². The van der Waals surface area contributed by atoms with Crippen molar-refractivity contribution in [1.29, 1.82) is 0 Å². The SMILES string of the molecule is Clc1cncc(N2CCOCCOCCOCCOCCOCC2)n1. The Hall–Kier alpha value is -1.03. The molecule has 0 unspecified atom stereocenters. The molecule has 0 aromatic carbocycles. The third-order valence-corrected chi connectivity index (χ3v) is 3.60. The van der Waals surface area contributed by atoms with E-state index in [9.17, 15) is 0 Å². The molecular formula is C16H26ClN3O5. The van der Waals surface area contributed by atoms with Crippen molar-refractivity contribution in [3.63, 3.8) is 0 Å². The number of halogens is 1. The van der Waals surface area contributed by atoms with Crippen LogP contribution < -0.4 is 4.90 Å². The highest BCUT2D eigenvalue weighted by Crippen LogP contribution is 2.12. The van der Waals surface area contributed by atoms with Gasteiger partial charge in [0.1, 0.15) is 11.0 Å². The molecule has 1 aromatic heterocycles. The lowest BCUT2D eigenvalue weighted by molar-refractivity contribution is -0.0116. The van der Waals surface area contributed by atoms with E-state index in [1.807, 2.05) is 4.90 Å². The Balaban J connectivity index is 1.81. The predicted molar refractivity (Wildman–Crippen MR) is 93.4 cm³/mol. The molecule has 8 nitrogen and oxygen atoms in total. The molecule has 0 saturated carbocycles. The second kappa shape index (κ2) is 13.2. The molecular weight excluding hydrogens is 350 g/mol. The van der Waals surface area contributed by atoms with Gasteiger partial charge in [-0.05, 0) is 0 Å². The predicted octanol–water partition coefficient (Wildman–Crippen LogP) is 1.03. The Kier molecular flexibility index (Phi) is 10.7. The van der Waals surface area contributed by atoms with Gasteiger partial charge >= 0.3 is 0 Å². The molecule has 1 aliphatic heterocycles. The summed E-state index contributed by atoms with van der Waals surface area (Å²) in [6.45, 7) is 6.81. The minimum Gasteiger partial charge on any atom is -0.377 e. The molecule has 1 fully saturated rings. The largest absolute Gasteiger partial charge is 0.377 e. The zero-order valence-corrected chi connectivity index (χ0v) is 15.2. The standard InChI is InChI=1S/C16H26ClN3O5/c17-15-13-18-14-16(19-15)20-1-3-21-5-7-23-9-11-25-12-10-24-8-6-22-4-2-20/h13-14H,1-12H2. The van der Waals surface area contributed by atoms with Gasteiger partial charge < -0.3 is 28.6 Å². The van der Waals surface area contributed by atoms with E-state index in [-0.39, 0.29) is 0 Å². The fraction of sp³-hybridized carbons (Fsp3) is 0.750. The topological polar surface area (TPSA) is 75.2 Å². The van der Waals surface area contributed by atoms with Gasteiger partial charge in [0.05, 0.1) is 78.5 Å². The molecule has 0 atom stereocenters. The maximum Gasteiger partial charge on any atom is 0.149 e. The van der Waals surface area contributed by atoms with Crippen LogP contribution in [0.2, 0.25) is 5.15 Å². The van der Waals surface area contributed by atoms with Crippen LogP contribution in [0, 0.1) is 0 Å². The van der Waals surface area contributed by atoms with Crippen LogP contribution in [0.25, 0.3) is 0 Å². The lowest BCUT2D eigenvalue weighted by Gasteiger charge is -2.23. The maximum absolute atomic E-state index is 5.94. The summed E-state index contributed by atoms with van der Waals surface area (Å²) < 4.78 is 27.5. The average molecular weight is 376 g/mol. The van der Waals surface area contributed by atoms with E-state index in [2.05, 4.69) is 9.97 Å². The quantitative estimate of drug-likeness (QED) is 0.720. The van der Waals surface area contributed by atoms with Gasteiger partial charge in [-0.1, -0.05) is 11.6 Å². The Morgan fingerprint density at radius 2 is 1.12 bits per heavy atom. The average Bonchev–Trinajstić information content (AvgIpc) is 2.62. The number of aromatic nitrogens is 2. The van der Waals surface area contributed by atoms with E-state index in [1.54, 1.807) is 6.20 Å². The van der Waals surface area contributed by atoms with Gasteiger partial charge in [-0.2, -0.15) is 0 Å². The molecule has 142 valence electrons. The van der Waals surface area contributed by atoms with Crippen molar-refractivity contribution in [2.24, 2.45) is 0 Å². The summed E-state index contributed by atoms with van der Waals surface area (Å²) in [4.78, 5) is 10.4. The number of anilines is 1. The highest BCUT2D eigenvalue weighted by molar-refractivity contribution is 6.29. The number of hydrogen-bond donors (Lipinski definition) is 0. The van der Waals surface area contributed by atoms with E-state index < -0.39 is 0 Å². The van der Waals surface area contributed by atoms with Gasteiger partial charge in [-0.3, -0.25) is 4.98 Å². The van der Waals surface area contributed by atoms with Gasteiger partial charge in [-0.25, -0.2) is 4.98 Å². The molecule has 1 aromatic rings. The van der Waals surface area contributed by atoms with Crippen LogP contribution in [0.3, 0.4) is 0 Å². The molecule has 1 aliphatic rings. The number of rotatable bonds is 1. The van der Waals surface area contributed by atoms with Gasteiger partial charge in [0.2, 0.25) is 0 Å². The Morgan fingerprint density at radius 1 is 0.680 bits per heavy atom. The van der Waals surface area contributed by atoms with Crippen molar-refractivity contribution in [3.8, 4) is 0 Å². The van der Waals surface area contributed by atoms with E-state index in [1.165, 1.54) is 6.20 Å². The van der Waals surface area contributed by atoms with E-state index >= 15 is 0 Å². The second-order valence-corrected chi connectivity index (χ2v) is 5.64. The lowest BCUT2D eigenvalue weighted by atomic mass is 10.4. The summed E-state index contributed by atoms with van der Waals surface area (Å²) in [6, 6.07) is 0. The van der Waals surface area contributed by atoms with Crippen LogP contribution in [0.5, 0.6) is 0 Å². The monoisotopic (exact) mass is 375 g/mol. The first kappa shape index (κ1) is 20.3. The molecule has 25 heavy (non-hydrogen) atoms. The van der Waals surface area contributed by atoms with Crippen LogP contribution in [0.4, 0.5) is 5.82 Å². The second-order valence-electron chi connectivity index (χ2n) is 5.25. The van der Waals surface area contributed by atoms with Crippen LogP contribution >= 0.6 is 11.6 Å². The first-order chi connectivity index (χ1) is 12.4. The number of ether oxygens (including phenoxy) is 5. The lowest BCUT2D eigenvalue weighted by Crippen LogP contribution is -2.32. The van der Waals surface area contributed by atoms with Crippen LogP contribution in [-0.2, 0) is 23.7 Å². The maximum atomic E-state index is 5.94. The van der Waals surface area contributed by atoms with Crippen molar-refractivity contribution >= 4 is 17.4 Å². The van der Waals surface area contributed by atoms with E-state index in [0.717, 1.165) is 0 Å². The van der Waals surface area contributed by atoms with Crippen molar-refractivity contribution in [2.75, 3.05) is 84.1 Å². The normalized spacial score (nSPS) is 20.6. The first-order valence-corrected chi connectivity index (χ1v) is 8.85. The summed E-state index contributed by atoms with van der Waals surface area (Å²) in [6.07, 6.45) is 3.20. The molecule has 0 N–H and O–H groups in total. The summed E-state index contributed by atoms with van der Waals surface area (Å²) in [5, 5.41) is 0.364. The van der Waals surface area contributed by atoms with Crippen LogP contribution in [0.15, 0.2) is 12.4 Å². The van der Waals surface area contributed by atoms with Crippen molar-refractivity contribution in [3.05, 3.63) is 17.5 Å². The zero-order chi connectivity index (χ0) is 17.6. The fourth-order valence-corrected chi connectivity index (χ4v) is 2.30. The molecule has 1 saturated heterocycles. The fourth-order valence-electron chi connectivity index (χ4n) is 2.16. The third-order valence-electron chi connectivity index (χ3n) is 3.42. The van der Waals surface area contributed by atoms with Gasteiger partial charge in [0, 0.05) is 13.1 Å². The summed E-state index contributed by atoms with van der Waals surface area (Å²) in [7, 11) is 0. The van der Waals surface area contributed by atoms with Crippen molar-refractivity contribution in [2.45, 2.75) is 0 Å². The molecule has 0 radical (unpaired) electrons. The minimum absolute atomic E-state index is 0.364. The number of hydrogen-bond acceptors (Lipinski definition) is 8. The van der Waals surface area contributed by atoms with Crippen LogP contribution in [0.1, 0.15) is 0 Å². The van der Waals surface area contributed by atoms with Gasteiger partial charge in [-0.15, -0.1) is 0 Å². The van der Waals surface area contributed by atoms with Gasteiger partial charge in [0.25, 0.3) is 0 Å². The highest BCUT2D eigenvalue weighted by Gasteiger charge is 2.09. The Bertz CT molecular complexity index is 451. The zero-order valence-electron chi connectivity index (χ0n) is 14.4. The molecule has 2 rings (SSSR count). The van der Waals surface area contributed by atoms with E-state index in [0.29, 0.717) is 90.1 Å². The summed E-state index contributed by atoms with van der Waals surface area (Å²) >= 11 is 5.94. The summed E-state index contributed by atoms with van der Waals surface area (Å²) in [5.41, 5.74) is 0. The van der Waals surface area contributed by atoms with Gasteiger partial charge in [0.15, 0.2) is 0 Å². The Morgan fingerprint density at radius 3 is 1.56 bits per heavy atom. The molecule has 0 aliphatic carbocycles. The van der Waals surface area contributed by atoms with E-state index in [4.69, 9.17) is 35.3 Å². The third kappa shape index (κ3) is 9.29. The molecule has 0 bridgehead atoms. The van der Waals surface area contributed by atoms with Crippen molar-refractivity contribution in [1.82, 2.24) is 9.97 Å². The highest BCUT2D eigenvalue weighted by atomic mass is 35.5. The van der Waals surface area contributed by atoms with Crippen molar-refractivity contribution < 1.29 is 23.7 Å². The summed E-state index contributed by atoms with van der Waals surface area (Å²) in [5.74, 6) is 0.707. The molecule has 0 amide bonds. The van der Waals surface area contributed by atoms with Crippen LogP contribution in [-0.4, -0.2) is 89.1 Å². The number of nitrogens with zero attached hydrogens (tertiary/aromatic N) is 3. The minimum atomic E-state index is 0.364. The molecule has 2 heterocycles. The first-order valence-electron chi connectivity index (χ1n) is 8.47. The molecule has 0 spiro atoms. The molecule has 9 heteroatoms.